The summed E-state index contributed by atoms with van der Waals surface area (Å²) < 4.78 is 11.3. The maximum Gasteiger partial charge on any atom is 0.224 e. The average Bonchev–Trinajstić information content (AvgIpc) is 2.48. The van der Waals surface area contributed by atoms with Crippen molar-refractivity contribution in [3.63, 3.8) is 0 Å². The summed E-state index contributed by atoms with van der Waals surface area (Å²) in [5, 5.41) is 2.95. The highest BCUT2D eigenvalue weighted by atomic mass is 16.5. The quantitative estimate of drug-likeness (QED) is 0.896. The van der Waals surface area contributed by atoms with Crippen molar-refractivity contribution in [2.45, 2.75) is 64.6 Å². The van der Waals surface area contributed by atoms with Gasteiger partial charge in [-0.1, -0.05) is 6.42 Å². The summed E-state index contributed by atoms with van der Waals surface area (Å²) in [5.41, 5.74) is 0.308. The van der Waals surface area contributed by atoms with E-state index in [0.717, 1.165) is 25.7 Å². The Kier molecular flexibility index (Phi) is 5.99. The first kappa shape index (κ1) is 17.7. The van der Waals surface area contributed by atoms with Gasteiger partial charge in [0.25, 0.3) is 0 Å². The van der Waals surface area contributed by atoms with Gasteiger partial charge >= 0.3 is 0 Å². The van der Waals surface area contributed by atoms with Crippen molar-refractivity contribution in [1.82, 2.24) is 4.98 Å². The number of anilines is 1. The number of amides is 1. The lowest BCUT2D eigenvalue weighted by Gasteiger charge is -2.28. The summed E-state index contributed by atoms with van der Waals surface area (Å²) >= 11 is 0. The summed E-state index contributed by atoms with van der Waals surface area (Å²) in [6.45, 7) is 5.93. The molecular formula is C18H28N2O3. The third-order valence-electron chi connectivity index (χ3n) is 4.01. The zero-order valence-corrected chi connectivity index (χ0v) is 14.6. The number of carbonyl (C=O) groups excluding carboxylic acids is 1. The lowest BCUT2D eigenvalue weighted by molar-refractivity contribution is -0.117. The third kappa shape index (κ3) is 5.82. The van der Waals surface area contributed by atoms with Gasteiger partial charge in [-0.05, 0) is 46.0 Å². The van der Waals surface area contributed by atoms with Gasteiger partial charge in [0.1, 0.15) is 17.0 Å². The second kappa shape index (κ2) is 7.77. The molecule has 5 heteroatoms. The molecule has 23 heavy (non-hydrogen) atoms. The Balaban J connectivity index is 1.95. The van der Waals surface area contributed by atoms with Crippen molar-refractivity contribution in [3.05, 3.63) is 18.5 Å². The fourth-order valence-corrected chi connectivity index (χ4v) is 3.00. The summed E-state index contributed by atoms with van der Waals surface area (Å²) in [4.78, 5) is 16.4. The van der Waals surface area contributed by atoms with E-state index in [9.17, 15) is 4.79 Å². The van der Waals surface area contributed by atoms with Crippen LogP contribution >= 0.6 is 0 Å². The van der Waals surface area contributed by atoms with Gasteiger partial charge < -0.3 is 14.8 Å². The molecular weight excluding hydrogens is 292 g/mol. The largest absolute Gasteiger partial charge is 0.486 e. The van der Waals surface area contributed by atoms with Gasteiger partial charge in [0, 0.05) is 25.8 Å². The molecule has 128 valence electrons. The molecule has 2 rings (SSSR count). The Morgan fingerprint density at radius 2 is 2.17 bits per heavy atom. The highest BCUT2D eigenvalue weighted by Crippen LogP contribution is 2.30. The maximum absolute atomic E-state index is 12.4. The van der Waals surface area contributed by atoms with Crippen molar-refractivity contribution < 1.29 is 14.3 Å². The predicted molar refractivity (Wildman–Crippen MR) is 90.6 cm³/mol. The minimum absolute atomic E-state index is 0.0125. The summed E-state index contributed by atoms with van der Waals surface area (Å²) in [6, 6.07) is 1.78. The number of carbonyl (C=O) groups is 1. The zero-order chi connectivity index (χ0) is 16.9. The number of hydrogen-bond donors (Lipinski definition) is 1. The number of methoxy groups -OCH3 is 1. The minimum atomic E-state index is -0.324. The molecule has 1 aromatic heterocycles. The first-order chi connectivity index (χ1) is 10.9. The molecule has 0 unspecified atom stereocenters. The highest BCUT2D eigenvalue weighted by molar-refractivity contribution is 5.92. The molecule has 0 radical (unpaired) electrons. The molecule has 1 aliphatic rings. The minimum Gasteiger partial charge on any atom is -0.486 e. The normalized spacial score (nSPS) is 21.7. The molecule has 1 aliphatic carbocycles. The van der Waals surface area contributed by atoms with E-state index in [1.807, 2.05) is 20.8 Å². The van der Waals surface area contributed by atoms with Crippen LogP contribution in [0.25, 0.3) is 0 Å². The lowest BCUT2D eigenvalue weighted by atomic mass is 9.85. The Morgan fingerprint density at radius 1 is 1.39 bits per heavy atom. The van der Waals surface area contributed by atoms with E-state index in [1.165, 1.54) is 0 Å². The molecule has 1 aromatic rings. The van der Waals surface area contributed by atoms with Crippen LogP contribution in [0.5, 0.6) is 5.75 Å². The number of ether oxygens (including phenoxy) is 2. The molecule has 0 bridgehead atoms. The van der Waals surface area contributed by atoms with E-state index in [-0.39, 0.29) is 11.5 Å². The smallest absolute Gasteiger partial charge is 0.224 e. The van der Waals surface area contributed by atoms with Crippen LogP contribution in [-0.4, -0.2) is 29.7 Å². The Labute approximate surface area is 138 Å². The lowest BCUT2D eigenvalue weighted by Crippen LogP contribution is -2.26. The van der Waals surface area contributed by atoms with Gasteiger partial charge in [-0.15, -0.1) is 0 Å². The molecule has 1 saturated carbocycles. The summed E-state index contributed by atoms with van der Waals surface area (Å²) in [7, 11) is 1.75. The molecule has 0 aromatic carbocycles. The molecule has 1 fully saturated rings. The molecule has 5 nitrogen and oxygen atoms in total. The van der Waals surface area contributed by atoms with E-state index in [2.05, 4.69) is 10.3 Å². The first-order valence-electron chi connectivity index (χ1n) is 8.33. The molecule has 0 spiro atoms. The van der Waals surface area contributed by atoms with E-state index in [1.54, 1.807) is 25.6 Å². The zero-order valence-electron chi connectivity index (χ0n) is 14.6. The van der Waals surface area contributed by atoms with Crippen LogP contribution in [0.4, 0.5) is 5.69 Å². The van der Waals surface area contributed by atoms with Crippen LogP contribution in [0.3, 0.4) is 0 Å². The van der Waals surface area contributed by atoms with Gasteiger partial charge in [-0.3, -0.25) is 9.78 Å². The number of nitrogens with one attached hydrogen (secondary N) is 1. The van der Waals surface area contributed by atoms with E-state index >= 15 is 0 Å². The predicted octanol–water partition coefficient (Wildman–Crippen LogP) is 3.79. The fourth-order valence-electron chi connectivity index (χ4n) is 3.00. The van der Waals surface area contributed by atoms with Gasteiger partial charge in [0.05, 0.1) is 12.3 Å². The highest BCUT2D eigenvalue weighted by Gasteiger charge is 2.24. The number of nitrogens with zero attached hydrogens (tertiary/aromatic N) is 1. The molecule has 2 atom stereocenters. The van der Waals surface area contributed by atoms with E-state index < -0.39 is 0 Å². The Morgan fingerprint density at radius 3 is 2.87 bits per heavy atom. The fraction of sp³-hybridized carbons (Fsp3) is 0.667. The van der Waals surface area contributed by atoms with Crippen molar-refractivity contribution in [2.75, 3.05) is 12.4 Å². The van der Waals surface area contributed by atoms with Gasteiger partial charge in [-0.2, -0.15) is 0 Å². The SMILES string of the molecule is CO[C@@H]1CCC[C@H](CC(=O)Nc2cnccc2OC(C)(C)C)C1. The van der Waals surface area contributed by atoms with Crippen LogP contribution in [-0.2, 0) is 9.53 Å². The number of pyridine rings is 1. The Bertz CT molecular complexity index is 525. The van der Waals surface area contributed by atoms with Crippen molar-refractivity contribution in [2.24, 2.45) is 5.92 Å². The number of rotatable bonds is 5. The summed E-state index contributed by atoms with van der Waals surface area (Å²) in [6.07, 6.45) is 8.39. The first-order valence-corrected chi connectivity index (χ1v) is 8.33. The van der Waals surface area contributed by atoms with Crippen LogP contribution in [0.2, 0.25) is 0 Å². The second-order valence-corrected chi connectivity index (χ2v) is 7.23. The maximum atomic E-state index is 12.4. The van der Waals surface area contributed by atoms with Crippen molar-refractivity contribution in [1.29, 1.82) is 0 Å². The standard InChI is InChI=1S/C18H28N2O3/c1-18(2,3)23-16-8-9-19-12-15(16)20-17(21)11-13-6-5-7-14(10-13)22-4/h8-9,12-14H,5-7,10-11H2,1-4H3,(H,20,21)/t13-,14+/m0/s1. The molecule has 1 amide bonds. The van der Waals surface area contributed by atoms with Gasteiger partial charge in [-0.25, -0.2) is 0 Å². The topological polar surface area (TPSA) is 60.5 Å². The molecule has 1 N–H and O–H groups in total. The summed E-state index contributed by atoms with van der Waals surface area (Å²) in [5.74, 6) is 1.05. The van der Waals surface area contributed by atoms with Gasteiger partial charge in [0.15, 0.2) is 0 Å². The van der Waals surface area contributed by atoms with Crippen LogP contribution < -0.4 is 10.1 Å². The van der Waals surface area contributed by atoms with Crippen LogP contribution in [0, 0.1) is 5.92 Å². The average molecular weight is 320 g/mol. The number of aromatic nitrogens is 1. The van der Waals surface area contributed by atoms with Crippen molar-refractivity contribution >= 4 is 11.6 Å². The number of hydrogen-bond acceptors (Lipinski definition) is 4. The molecule has 0 saturated heterocycles. The monoisotopic (exact) mass is 320 g/mol. The van der Waals surface area contributed by atoms with E-state index in [4.69, 9.17) is 9.47 Å². The van der Waals surface area contributed by atoms with Gasteiger partial charge in [0.2, 0.25) is 5.91 Å². The van der Waals surface area contributed by atoms with Crippen LogP contribution in [0.15, 0.2) is 18.5 Å². The van der Waals surface area contributed by atoms with E-state index in [0.29, 0.717) is 29.9 Å². The van der Waals surface area contributed by atoms with Crippen molar-refractivity contribution in [3.8, 4) is 5.75 Å². The van der Waals surface area contributed by atoms with Crippen LogP contribution in [0.1, 0.15) is 52.9 Å². The third-order valence-corrected chi connectivity index (χ3v) is 4.01. The Hall–Kier alpha value is -1.62. The second-order valence-electron chi connectivity index (χ2n) is 7.23. The molecule has 1 heterocycles. The molecule has 0 aliphatic heterocycles.